The molecular weight excluding hydrogens is 196 g/mol. The van der Waals surface area contributed by atoms with E-state index in [1.807, 2.05) is 6.92 Å². The number of ether oxygens (including phenoxy) is 2. The van der Waals surface area contributed by atoms with Crippen molar-refractivity contribution in [2.75, 3.05) is 13.2 Å². The van der Waals surface area contributed by atoms with Crippen molar-refractivity contribution in [3.63, 3.8) is 0 Å². The zero-order valence-corrected chi connectivity index (χ0v) is 9.86. The average molecular weight is 218 g/mol. The third-order valence-electron chi connectivity index (χ3n) is 2.09. The van der Waals surface area contributed by atoms with E-state index < -0.39 is 12.3 Å². The van der Waals surface area contributed by atoms with Gasteiger partial charge in [0.1, 0.15) is 6.10 Å². The first-order valence-electron chi connectivity index (χ1n) is 5.54. The topological polar surface area (TPSA) is 55.8 Å². The van der Waals surface area contributed by atoms with Gasteiger partial charge in [-0.1, -0.05) is 26.7 Å². The van der Waals surface area contributed by atoms with E-state index in [1.54, 1.807) is 6.92 Å². The van der Waals surface area contributed by atoms with Gasteiger partial charge >= 0.3 is 6.16 Å². The first kappa shape index (κ1) is 14.2. The lowest BCUT2D eigenvalue weighted by molar-refractivity contribution is 0.00379. The largest absolute Gasteiger partial charge is 0.508 e. The van der Waals surface area contributed by atoms with Gasteiger partial charge in [-0.25, -0.2) is 4.79 Å². The van der Waals surface area contributed by atoms with Crippen LogP contribution in [0.25, 0.3) is 0 Å². The van der Waals surface area contributed by atoms with Gasteiger partial charge in [-0.3, -0.25) is 0 Å². The minimum Gasteiger partial charge on any atom is -0.434 e. The Morgan fingerprint density at radius 1 is 1.40 bits per heavy atom. The van der Waals surface area contributed by atoms with E-state index in [9.17, 15) is 4.79 Å². The smallest absolute Gasteiger partial charge is 0.434 e. The Hall–Kier alpha value is -0.770. The van der Waals surface area contributed by atoms with Crippen molar-refractivity contribution in [1.82, 2.24) is 0 Å². The summed E-state index contributed by atoms with van der Waals surface area (Å²) in [6.45, 7) is 5.99. The number of carbonyl (C=O) groups excluding carboxylic acids is 1. The molecule has 0 aliphatic heterocycles. The van der Waals surface area contributed by atoms with Gasteiger partial charge in [0.2, 0.25) is 0 Å². The second kappa shape index (κ2) is 8.53. The van der Waals surface area contributed by atoms with E-state index in [4.69, 9.17) is 14.6 Å². The molecule has 0 spiro atoms. The van der Waals surface area contributed by atoms with Gasteiger partial charge in [0, 0.05) is 0 Å². The molecule has 4 heteroatoms. The minimum absolute atomic E-state index is 0.180. The van der Waals surface area contributed by atoms with Gasteiger partial charge in [0.05, 0.1) is 13.2 Å². The number of rotatable bonds is 7. The van der Waals surface area contributed by atoms with Crippen molar-refractivity contribution in [1.29, 1.82) is 0 Å². The molecule has 0 rings (SSSR count). The average Bonchev–Trinajstić information content (AvgIpc) is 2.23. The summed E-state index contributed by atoms with van der Waals surface area (Å²) in [5.41, 5.74) is 0. The number of hydrogen-bond acceptors (Lipinski definition) is 4. The molecule has 15 heavy (non-hydrogen) atoms. The SMILES string of the molecule is CCCC[C@@H](C)COC(=O)OC(C)CO. The molecule has 4 nitrogen and oxygen atoms in total. The van der Waals surface area contributed by atoms with Crippen LogP contribution >= 0.6 is 0 Å². The molecule has 0 bridgehead atoms. The molecule has 0 aliphatic carbocycles. The van der Waals surface area contributed by atoms with Crippen LogP contribution in [-0.2, 0) is 9.47 Å². The molecule has 0 aromatic rings. The highest BCUT2D eigenvalue weighted by Crippen LogP contribution is 2.08. The van der Waals surface area contributed by atoms with Crippen molar-refractivity contribution in [2.45, 2.75) is 46.1 Å². The highest BCUT2D eigenvalue weighted by molar-refractivity contribution is 5.60. The third-order valence-corrected chi connectivity index (χ3v) is 2.09. The Bertz CT molecular complexity index is 170. The van der Waals surface area contributed by atoms with Crippen LogP contribution in [0, 0.1) is 5.92 Å². The molecule has 0 aromatic heterocycles. The normalized spacial score (nSPS) is 14.4. The van der Waals surface area contributed by atoms with Crippen molar-refractivity contribution in [2.24, 2.45) is 5.92 Å². The monoisotopic (exact) mass is 218 g/mol. The number of carbonyl (C=O) groups is 1. The number of hydrogen-bond donors (Lipinski definition) is 1. The van der Waals surface area contributed by atoms with Crippen LogP contribution in [0.5, 0.6) is 0 Å². The van der Waals surface area contributed by atoms with Gasteiger partial charge < -0.3 is 14.6 Å². The van der Waals surface area contributed by atoms with Crippen molar-refractivity contribution < 1.29 is 19.4 Å². The van der Waals surface area contributed by atoms with E-state index >= 15 is 0 Å². The fraction of sp³-hybridized carbons (Fsp3) is 0.909. The minimum atomic E-state index is -0.695. The van der Waals surface area contributed by atoms with E-state index in [2.05, 4.69) is 6.92 Å². The molecule has 0 saturated carbocycles. The van der Waals surface area contributed by atoms with Crippen LogP contribution in [0.2, 0.25) is 0 Å². The molecule has 0 fully saturated rings. The lowest BCUT2D eigenvalue weighted by atomic mass is 10.1. The zero-order chi connectivity index (χ0) is 11.7. The molecule has 0 radical (unpaired) electrons. The molecule has 0 aromatic carbocycles. The molecule has 0 heterocycles. The lowest BCUT2D eigenvalue weighted by Gasteiger charge is -2.13. The van der Waals surface area contributed by atoms with E-state index in [0.717, 1.165) is 19.3 Å². The Labute approximate surface area is 91.6 Å². The predicted molar refractivity (Wildman–Crippen MR) is 57.7 cm³/mol. The van der Waals surface area contributed by atoms with Crippen LogP contribution in [0.1, 0.15) is 40.0 Å². The van der Waals surface area contributed by atoms with Gasteiger partial charge in [-0.15, -0.1) is 0 Å². The van der Waals surface area contributed by atoms with E-state index in [0.29, 0.717) is 12.5 Å². The van der Waals surface area contributed by atoms with Gasteiger partial charge in [0.25, 0.3) is 0 Å². The molecule has 1 unspecified atom stereocenters. The van der Waals surface area contributed by atoms with Crippen LogP contribution in [0.4, 0.5) is 4.79 Å². The Kier molecular flexibility index (Phi) is 8.09. The fourth-order valence-corrected chi connectivity index (χ4v) is 1.08. The summed E-state index contributed by atoms with van der Waals surface area (Å²) in [4.78, 5) is 11.0. The quantitative estimate of drug-likeness (QED) is 0.666. The van der Waals surface area contributed by atoms with Crippen molar-refractivity contribution in [3.8, 4) is 0 Å². The van der Waals surface area contributed by atoms with Crippen molar-refractivity contribution in [3.05, 3.63) is 0 Å². The predicted octanol–water partition coefficient (Wildman–Crippen LogP) is 2.35. The number of unbranched alkanes of at least 4 members (excludes halogenated alkanes) is 1. The standard InChI is InChI=1S/C11H22O4/c1-4-5-6-9(2)8-14-11(13)15-10(3)7-12/h9-10,12H,4-8H2,1-3H3/t9-,10?/m1/s1. The highest BCUT2D eigenvalue weighted by atomic mass is 16.7. The fourth-order valence-electron chi connectivity index (χ4n) is 1.08. The highest BCUT2D eigenvalue weighted by Gasteiger charge is 2.11. The van der Waals surface area contributed by atoms with Crippen molar-refractivity contribution >= 4 is 6.16 Å². The molecule has 90 valence electrons. The molecule has 1 N–H and O–H groups in total. The summed E-state index contributed by atoms with van der Waals surface area (Å²) in [6.07, 6.45) is 2.16. The summed E-state index contributed by atoms with van der Waals surface area (Å²) in [6, 6.07) is 0. The Balaban J connectivity index is 3.52. The summed E-state index contributed by atoms with van der Waals surface area (Å²) in [5, 5.41) is 8.64. The molecular formula is C11H22O4. The molecule has 0 aliphatic rings. The number of aliphatic hydroxyl groups excluding tert-OH is 1. The molecule has 0 saturated heterocycles. The Morgan fingerprint density at radius 2 is 2.07 bits per heavy atom. The van der Waals surface area contributed by atoms with E-state index in [1.165, 1.54) is 0 Å². The second-order valence-electron chi connectivity index (χ2n) is 3.92. The van der Waals surface area contributed by atoms with Gasteiger partial charge in [-0.05, 0) is 19.3 Å². The summed E-state index contributed by atoms with van der Waals surface area (Å²) in [7, 11) is 0. The lowest BCUT2D eigenvalue weighted by Crippen LogP contribution is -2.21. The van der Waals surface area contributed by atoms with Gasteiger partial charge in [-0.2, -0.15) is 0 Å². The summed E-state index contributed by atoms with van der Waals surface area (Å²) >= 11 is 0. The molecule has 0 amide bonds. The van der Waals surface area contributed by atoms with Gasteiger partial charge in [0.15, 0.2) is 0 Å². The maximum absolute atomic E-state index is 11.0. The van der Waals surface area contributed by atoms with Crippen LogP contribution < -0.4 is 0 Å². The number of aliphatic hydroxyl groups is 1. The zero-order valence-electron chi connectivity index (χ0n) is 9.86. The summed E-state index contributed by atoms with van der Waals surface area (Å²) < 4.78 is 9.64. The maximum Gasteiger partial charge on any atom is 0.508 e. The second-order valence-corrected chi connectivity index (χ2v) is 3.92. The third kappa shape index (κ3) is 8.24. The maximum atomic E-state index is 11.0. The Morgan fingerprint density at radius 3 is 2.60 bits per heavy atom. The van der Waals surface area contributed by atoms with E-state index in [-0.39, 0.29) is 6.61 Å². The van der Waals surface area contributed by atoms with Crippen LogP contribution in [0.15, 0.2) is 0 Å². The summed E-state index contributed by atoms with van der Waals surface area (Å²) in [5.74, 6) is 0.363. The van der Waals surface area contributed by atoms with Crippen LogP contribution in [0.3, 0.4) is 0 Å². The van der Waals surface area contributed by atoms with Crippen LogP contribution in [-0.4, -0.2) is 30.6 Å². The molecule has 2 atom stereocenters. The first-order chi connectivity index (χ1) is 7.10. The first-order valence-corrected chi connectivity index (χ1v) is 5.54.